The van der Waals surface area contributed by atoms with Crippen LogP contribution in [0.15, 0.2) is 97.2 Å². The summed E-state index contributed by atoms with van der Waals surface area (Å²) in [7, 11) is 0. The fourth-order valence-corrected chi connectivity index (χ4v) is 5.06. The van der Waals surface area contributed by atoms with Crippen molar-refractivity contribution < 1.29 is 32.6 Å². The first-order valence-corrected chi connectivity index (χ1v) is 14.2. The van der Waals surface area contributed by atoms with E-state index in [1.165, 1.54) is 42.6 Å². The molecule has 0 radical (unpaired) electrons. The van der Waals surface area contributed by atoms with Crippen molar-refractivity contribution in [2.75, 3.05) is 4.90 Å². The Morgan fingerprint density at radius 2 is 1.59 bits per heavy atom. The number of amides is 3. The number of fused-ring (bicyclic) bond motifs is 1. The molecule has 232 valence electrons. The molecule has 0 spiro atoms. The summed E-state index contributed by atoms with van der Waals surface area (Å²) in [4.78, 5) is 43.9. The van der Waals surface area contributed by atoms with E-state index < -0.39 is 34.8 Å². The summed E-state index contributed by atoms with van der Waals surface area (Å²) < 4.78 is 41.2. The second-order valence-corrected chi connectivity index (χ2v) is 10.7. The number of hydrogen-bond donors (Lipinski definition) is 3. The first-order valence-electron chi connectivity index (χ1n) is 14.2. The molecule has 1 aliphatic carbocycles. The van der Waals surface area contributed by atoms with Gasteiger partial charge in [0, 0.05) is 29.4 Å². The van der Waals surface area contributed by atoms with Crippen LogP contribution in [0.2, 0.25) is 0 Å². The highest BCUT2D eigenvalue weighted by Gasteiger charge is 2.57. The van der Waals surface area contributed by atoms with Crippen LogP contribution in [-0.2, 0) is 16.2 Å². The maximum atomic E-state index is 15.7. The monoisotopic (exact) mass is 623 g/mol. The third-order valence-electron chi connectivity index (χ3n) is 7.73. The number of halogens is 2. The molecule has 5 aromatic rings. The van der Waals surface area contributed by atoms with Crippen LogP contribution in [0.25, 0.3) is 10.9 Å². The van der Waals surface area contributed by atoms with E-state index in [1.54, 1.807) is 6.07 Å². The van der Waals surface area contributed by atoms with E-state index in [0.29, 0.717) is 10.9 Å². The summed E-state index contributed by atoms with van der Waals surface area (Å²) in [5.74, 6) is 2.22. The molecular weight excluding hydrogens is 596 g/mol. The van der Waals surface area contributed by atoms with E-state index in [4.69, 9.17) is 21.1 Å². The highest BCUT2D eigenvalue weighted by molar-refractivity contribution is 6.16. The summed E-state index contributed by atoms with van der Waals surface area (Å²) in [6, 6.07) is 22.7. The molecule has 6 rings (SSSR count). The summed E-state index contributed by atoms with van der Waals surface area (Å²) in [5.41, 5.74) is 7.92. The Balaban J connectivity index is 1.33. The zero-order valence-electron chi connectivity index (χ0n) is 24.2. The minimum atomic E-state index is -1.42. The van der Waals surface area contributed by atoms with E-state index in [1.807, 2.05) is 30.3 Å². The smallest absolute Gasteiger partial charge is 0.268 e. The molecule has 4 aromatic carbocycles. The molecule has 0 saturated heterocycles. The van der Waals surface area contributed by atoms with Crippen molar-refractivity contribution in [2.45, 2.75) is 19.4 Å². The van der Waals surface area contributed by atoms with Gasteiger partial charge in [0.25, 0.3) is 5.91 Å². The maximum Gasteiger partial charge on any atom is 0.268 e. The number of carbonyl (C=O) groups is 3. The van der Waals surface area contributed by atoms with Gasteiger partial charge in [-0.3, -0.25) is 29.7 Å². The van der Waals surface area contributed by atoms with Crippen LogP contribution in [0.5, 0.6) is 17.2 Å². The SMILES string of the molecule is NNC(=O)c1cc2c(Oc3ccc(N(C(=O)C4(C(N)=O)CC4)c4ccc(F)cc4)cc3F)ccnc2cc1OCc1ccccc1. The van der Waals surface area contributed by atoms with Gasteiger partial charge in [-0.05, 0) is 66.9 Å². The molecule has 0 bridgehead atoms. The highest BCUT2D eigenvalue weighted by Crippen LogP contribution is 2.49. The number of nitrogen functional groups attached to an aromatic ring is 1. The van der Waals surface area contributed by atoms with E-state index in [0.717, 1.165) is 28.7 Å². The fraction of sp³-hybridized carbons (Fsp3) is 0.118. The van der Waals surface area contributed by atoms with Gasteiger partial charge in [-0.15, -0.1) is 0 Å². The lowest BCUT2D eigenvalue weighted by Gasteiger charge is -2.26. The molecule has 1 heterocycles. The van der Waals surface area contributed by atoms with Gasteiger partial charge in [-0.25, -0.2) is 14.6 Å². The number of rotatable bonds is 10. The molecule has 0 atom stereocenters. The summed E-state index contributed by atoms with van der Waals surface area (Å²) >= 11 is 0. The fourth-order valence-electron chi connectivity index (χ4n) is 5.06. The molecule has 3 amide bonds. The third kappa shape index (κ3) is 5.81. The lowest BCUT2D eigenvalue weighted by Crippen LogP contribution is -2.41. The van der Waals surface area contributed by atoms with Crippen molar-refractivity contribution in [2.24, 2.45) is 17.0 Å². The molecule has 1 aromatic heterocycles. The molecular formula is C34H27F2N5O5. The number of benzene rings is 4. The second kappa shape index (κ2) is 12.3. The van der Waals surface area contributed by atoms with Crippen molar-refractivity contribution in [3.63, 3.8) is 0 Å². The van der Waals surface area contributed by atoms with Crippen LogP contribution >= 0.6 is 0 Å². The van der Waals surface area contributed by atoms with Crippen LogP contribution in [0, 0.1) is 17.0 Å². The van der Waals surface area contributed by atoms with Gasteiger partial charge in [0.1, 0.15) is 29.3 Å². The average Bonchev–Trinajstić information content (AvgIpc) is 3.88. The zero-order valence-corrected chi connectivity index (χ0v) is 24.2. The predicted molar refractivity (Wildman–Crippen MR) is 165 cm³/mol. The Hall–Kier alpha value is -5.88. The molecule has 0 unspecified atom stereocenters. The van der Waals surface area contributed by atoms with Gasteiger partial charge in [-0.2, -0.15) is 0 Å². The number of nitrogens with zero attached hydrogens (tertiary/aromatic N) is 2. The topological polar surface area (TPSA) is 150 Å². The van der Waals surface area contributed by atoms with Crippen LogP contribution in [-0.4, -0.2) is 22.7 Å². The molecule has 1 saturated carbocycles. The molecule has 12 heteroatoms. The largest absolute Gasteiger partial charge is 0.488 e. The Morgan fingerprint density at radius 3 is 2.24 bits per heavy atom. The standard InChI is InChI=1S/C34H27F2N5O5/c35-21-6-8-22(9-7-21)41(33(44)34(13-14-34)32(37)43)23-10-11-29(26(36)16-23)46-28-12-15-39-27-18-30(25(17-24(27)28)31(42)40-38)45-19-20-4-2-1-3-5-20/h1-12,15-18H,13-14,19,38H2,(H2,37,43)(H,40,42). The van der Waals surface area contributed by atoms with E-state index in [2.05, 4.69) is 10.4 Å². The number of hydrazine groups is 1. The maximum absolute atomic E-state index is 15.7. The molecule has 46 heavy (non-hydrogen) atoms. The predicted octanol–water partition coefficient (Wildman–Crippen LogP) is 5.42. The Morgan fingerprint density at radius 1 is 0.870 bits per heavy atom. The number of carbonyl (C=O) groups excluding carboxylic acids is 3. The Kier molecular flexibility index (Phi) is 8.03. The zero-order chi connectivity index (χ0) is 32.4. The molecule has 1 aliphatic rings. The Bertz CT molecular complexity index is 1970. The normalized spacial score (nSPS) is 13.1. The van der Waals surface area contributed by atoms with E-state index >= 15 is 4.39 Å². The number of aromatic nitrogens is 1. The quantitative estimate of drug-likeness (QED) is 0.0814. The summed E-state index contributed by atoms with van der Waals surface area (Å²) in [6.07, 6.45) is 1.96. The van der Waals surface area contributed by atoms with Crippen LogP contribution in [0.4, 0.5) is 20.2 Å². The molecule has 10 nitrogen and oxygen atoms in total. The number of nitrogens with two attached hydrogens (primary N) is 2. The Labute approximate surface area is 261 Å². The van der Waals surface area contributed by atoms with Gasteiger partial charge in [0.2, 0.25) is 11.8 Å². The van der Waals surface area contributed by atoms with Gasteiger partial charge < -0.3 is 15.2 Å². The number of ether oxygens (including phenoxy) is 2. The van der Waals surface area contributed by atoms with Gasteiger partial charge in [0.05, 0.1) is 16.8 Å². The molecule has 0 aliphatic heterocycles. The van der Waals surface area contributed by atoms with Gasteiger partial charge in [-0.1, -0.05) is 30.3 Å². The number of hydrogen-bond acceptors (Lipinski definition) is 7. The minimum Gasteiger partial charge on any atom is -0.488 e. The first kappa shape index (κ1) is 30.2. The van der Waals surface area contributed by atoms with Gasteiger partial charge in [0.15, 0.2) is 11.6 Å². The number of primary amides is 1. The van der Waals surface area contributed by atoms with Crippen molar-refractivity contribution in [1.29, 1.82) is 0 Å². The molecule has 5 N–H and O–H groups in total. The summed E-state index contributed by atoms with van der Waals surface area (Å²) in [5, 5.41) is 0.372. The van der Waals surface area contributed by atoms with Crippen molar-refractivity contribution in [3.8, 4) is 17.2 Å². The third-order valence-corrected chi connectivity index (χ3v) is 7.73. The van der Waals surface area contributed by atoms with Crippen LogP contribution < -0.4 is 31.4 Å². The minimum absolute atomic E-state index is 0.0793. The lowest BCUT2D eigenvalue weighted by molar-refractivity contribution is -0.133. The lowest BCUT2D eigenvalue weighted by atomic mass is 10.0. The van der Waals surface area contributed by atoms with Crippen molar-refractivity contribution in [3.05, 3.63) is 120 Å². The second-order valence-electron chi connectivity index (χ2n) is 10.7. The number of nitrogens with one attached hydrogen (secondary N) is 1. The molecule has 1 fully saturated rings. The first-order chi connectivity index (χ1) is 22.2. The van der Waals surface area contributed by atoms with E-state index in [9.17, 15) is 18.8 Å². The van der Waals surface area contributed by atoms with Crippen molar-refractivity contribution >= 4 is 40.0 Å². The highest BCUT2D eigenvalue weighted by atomic mass is 19.1. The summed E-state index contributed by atoms with van der Waals surface area (Å²) in [6.45, 7) is 0.183. The van der Waals surface area contributed by atoms with E-state index in [-0.39, 0.29) is 53.6 Å². The van der Waals surface area contributed by atoms with Crippen LogP contribution in [0.3, 0.4) is 0 Å². The number of anilines is 2. The van der Waals surface area contributed by atoms with Crippen LogP contribution in [0.1, 0.15) is 28.8 Å². The number of pyridine rings is 1. The average molecular weight is 624 g/mol. The van der Waals surface area contributed by atoms with Crippen molar-refractivity contribution in [1.82, 2.24) is 10.4 Å². The van der Waals surface area contributed by atoms with Gasteiger partial charge >= 0.3 is 0 Å².